The molecule has 3 aromatic rings. The van der Waals surface area contributed by atoms with E-state index >= 15 is 0 Å². The molecule has 1 N–H and O–H groups in total. The SMILES string of the molecule is OC1(c2ccccc2C2=CC=CCC2)c2ccccc2-c2cccc(N([S-])S)c21.[Y]. The zero-order valence-electron chi connectivity index (χ0n) is 16.3. The fourth-order valence-electron chi connectivity index (χ4n) is 4.66. The molecule has 1 radical (unpaired) electrons. The number of fused-ring (bicyclic) bond motifs is 3. The number of rotatable bonds is 3. The summed E-state index contributed by atoms with van der Waals surface area (Å²) in [6.45, 7) is 0. The smallest absolute Gasteiger partial charge is 0.144 e. The number of hydrogen-bond donors (Lipinski definition) is 2. The number of aliphatic hydroxyl groups is 1. The van der Waals surface area contributed by atoms with E-state index in [0.29, 0.717) is 0 Å². The predicted molar refractivity (Wildman–Crippen MR) is 126 cm³/mol. The van der Waals surface area contributed by atoms with E-state index in [1.807, 2.05) is 54.6 Å². The summed E-state index contributed by atoms with van der Waals surface area (Å²) in [5.74, 6) is 0. The fourth-order valence-corrected chi connectivity index (χ4v) is 4.98. The van der Waals surface area contributed by atoms with Gasteiger partial charge in [0.15, 0.2) is 0 Å². The topological polar surface area (TPSA) is 23.5 Å². The van der Waals surface area contributed by atoms with Crippen molar-refractivity contribution in [2.24, 2.45) is 0 Å². The minimum absolute atomic E-state index is 0. The first-order valence-electron chi connectivity index (χ1n) is 9.70. The van der Waals surface area contributed by atoms with Crippen molar-refractivity contribution in [3.63, 3.8) is 0 Å². The Labute approximate surface area is 213 Å². The molecule has 0 aromatic heterocycles. The average molecular weight is 503 g/mol. The molecular weight excluding hydrogens is 483 g/mol. The molecule has 1 atom stereocenters. The van der Waals surface area contributed by atoms with Crippen LogP contribution in [0.3, 0.4) is 0 Å². The Kier molecular flexibility index (Phi) is 6.34. The van der Waals surface area contributed by atoms with Crippen LogP contribution in [0.25, 0.3) is 16.7 Å². The van der Waals surface area contributed by atoms with Crippen LogP contribution in [0, 0.1) is 0 Å². The van der Waals surface area contributed by atoms with Crippen LogP contribution in [0.4, 0.5) is 5.69 Å². The Morgan fingerprint density at radius 1 is 0.867 bits per heavy atom. The molecule has 0 heterocycles. The molecule has 0 bridgehead atoms. The molecule has 30 heavy (non-hydrogen) atoms. The Bertz CT molecular complexity index is 1170. The molecule has 0 amide bonds. The van der Waals surface area contributed by atoms with Gasteiger partial charge in [-0.2, -0.15) is 0 Å². The van der Waals surface area contributed by atoms with Gasteiger partial charge in [0.25, 0.3) is 0 Å². The van der Waals surface area contributed by atoms with Crippen molar-refractivity contribution in [3.8, 4) is 11.1 Å². The minimum Gasteiger partial charge on any atom is -0.653 e. The van der Waals surface area contributed by atoms with E-state index in [9.17, 15) is 5.11 Å². The van der Waals surface area contributed by atoms with Gasteiger partial charge in [0.2, 0.25) is 0 Å². The molecule has 0 spiro atoms. The van der Waals surface area contributed by atoms with Crippen LogP contribution in [0.1, 0.15) is 35.1 Å². The van der Waals surface area contributed by atoms with E-state index in [-0.39, 0.29) is 32.7 Å². The van der Waals surface area contributed by atoms with Crippen molar-refractivity contribution >= 4 is 36.9 Å². The largest absolute Gasteiger partial charge is 0.653 e. The summed E-state index contributed by atoms with van der Waals surface area (Å²) in [5.41, 5.74) is 6.32. The molecule has 5 rings (SSSR count). The third kappa shape index (κ3) is 3.34. The number of nitrogens with zero attached hydrogens (tertiary/aromatic N) is 1. The molecule has 1 unspecified atom stereocenters. The van der Waals surface area contributed by atoms with Crippen molar-refractivity contribution < 1.29 is 37.8 Å². The molecule has 2 nitrogen and oxygen atoms in total. The van der Waals surface area contributed by atoms with Gasteiger partial charge in [0.1, 0.15) is 5.60 Å². The maximum Gasteiger partial charge on any atom is 0.144 e. The third-order valence-electron chi connectivity index (χ3n) is 5.89. The van der Waals surface area contributed by atoms with Crippen LogP contribution >= 0.6 is 12.8 Å². The second kappa shape index (κ2) is 8.68. The van der Waals surface area contributed by atoms with E-state index < -0.39 is 5.60 Å². The predicted octanol–water partition coefficient (Wildman–Crippen LogP) is 5.80. The standard InChI is InChI=1S/C25H20NOS2.Y/c27-25(21-14-6-4-11-18(21)17-9-2-1-3-10-17)22-15-7-5-12-19(22)20-13-8-16-23(24(20)25)26(28)29;/h1-2,4-9,11-16,27-28H,3,10H2;/q-1;. The molecule has 5 heteroatoms. The molecule has 0 fully saturated rings. The van der Waals surface area contributed by atoms with Crippen molar-refractivity contribution in [2.45, 2.75) is 18.4 Å². The second-order valence-corrected chi connectivity index (χ2v) is 8.47. The summed E-state index contributed by atoms with van der Waals surface area (Å²) in [7, 11) is 0. The first kappa shape index (κ1) is 21.9. The Morgan fingerprint density at radius 2 is 1.50 bits per heavy atom. The van der Waals surface area contributed by atoms with Gasteiger partial charge >= 0.3 is 0 Å². The molecule has 3 aromatic carbocycles. The van der Waals surface area contributed by atoms with Gasteiger partial charge in [-0.05, 0) is 41.2 Å². The van der Waals surface area contributed by atoms with Gasteiger partial charge in [-0.25, -0.2) is 0 Å². The second-order valence-electron chi connectivity index (χ2n) is 7.43. The van der Waals surface area contributed by atoms with Crippen molar-refractivity contribution in [1.82, 2.24) is 0 Å². The van der Waals surface area contributed by atoms with Crippen molar-refractivity contribution in [2.75, 3.05) is 3.71 Å². The first-order chi connectivity index (χ1) is 14.1. The Morgan fingerprint density at radius 3 is 2.17 bits per heavy atom. The molecular formula is C25H20NOS2Y-. The van der Waals surface area contributed by atoms with E-state index in [0.717, 1.165) is 51.9 Å². The summed E-state index contributed by atoms with van der Waals surface area (Å²) in [5, 5.41) is 12.5. The first-order valence-corrected chi connectivity index (χ1v) is 10.5. The van der Waals surface area contributed by atoms with Crippen LogP contribution in [0.2, 0.25) is 0 Å². The molecule has 0 aliphatic heterocycles. The average Bonchev–Trinajstić information content (AvgIpc) is 3.04. The van der Waals surface area contributed by atoms with E-state index in [2.05, 4.69) is 43.2 Å². The van der Waals surface area contributed by atoms with Crippen LogP contribution in [-0.4, -0.2) is 5.11 Å². The van der Waals surface area contributed by atoms with Crippen LogP contribution in [0.5, 0.6) is 0 Å². The van der Waals surface area contributed by atoms with Gasteiger partial charge in [-0.3, -0.25) is 0 Å². The van der Waals surface area contributed by atoms with Gasteiger partial charge in [-0.1, -0.05) is 91.7 Å². The van der Waals surface area contributed by atoms with Crippen LogP contribution < -0.4 is 3.71 Å². The zero-order valence-corrected chi connectivity index (χ0v) is 20.9. The monoisotopic (exact) mass is 503 g/mol. The summed E-state index contributed by atoms with van der Waals surface area (Å²) in [4.78, 5) is 0. The Balaban J connectivity index is 0.00000218. The van der Waals surface area contributed by atoms with Gasteiger partial charge in [0.05, 0.1) is 0 Å². The number of anilines is 1. The van der Waals surface area contributed by atoms with E-state index in [4.69, 9.17) is 12.8 Å². The Hall–Kier alpha value is -1.30. The van der Waals surface area contributed by atoms with E-state index in [1.54, 1.807) is 0 Å². The molecule has 0 saturated carbocycles. The summed E-state index contributed by atoms with van der Waals surface area (Å²) in [6.07, 6.45) is 8.39. The molecule has 0 saturated heterocycles. The van der Waals surface area contributed by atoms with Gasteiger partial charge < -0.3 is 21.6 Å². The summed E-state index contributed by atoms with van der Waals surface area (Å²) >= 11 is 9.77. The molecule has 2 aliphatic carbocycles. The normalized spacial score (nSPS) is 18.8. The number of allylic oxidation sites excluding steroid dienone is 4. The maximum absolute atomic E-state index is 12.5. The van der Waals surface area contributed by atoms with Crippen LogP contribution in [0.15, 0.2) is 85.0 Å². The summed E-state index contributed by atoms with van der Waals surface area (Å²) < 4.78 is 1.38. The van der Waals surface area contributed by atoms with Crippen LogP contribution in [-0.2, 0) is 51.1 Å². The zero-order chi connectivity index (χ0) is 20.0. The van der Waals surface area contributed by atoms with Gasteiger partial charge in [-0.15, -0.1) is 0 Å². The van der Waals surface area contributed by atoms with E-state index in [1.165, 1.54) is 9.28 Å². The molecule has 147 valence electrons. The number of hydrogen-bond acceptors (Lipinski definition) is 4. The maximum atomic E-state index is 12.5. The number of benzene rings is 3. The molecule has 2 aliphatic rings. The van der Waals surface area contributed by atoms with Gasteiger partial charge in [0, 0.05) is 55.1 Å². The number of thiol groups is 1. The summed E-state index contributed by atoms with van der Waals surface area (Å²) in [6, 6.07) is 22.2. The minimum atomic E-state index is -1.30. The third-order valence-corrected chi connectivity index (χ3v) is 6.31. The van der Waals surface area contributed by atoms with Crippen molar-refractivity contribution in [3.05, 3.63) is 107 Å². The van der Waals surface area contributed by atoms with Crippen molar-refractivity contribution in [1.29, 1.82) is 0 Å². The quantitative estimate of drug-likeness (QED) is 0.349. The fraction of sp³-hybridized carbons (Fsp3) is 0.120.